The lowest BCUT2D eigenvalue weighted by Crippen LogP contribution is -2.39. The summed E-state index contributed by atoms with van der Waals surface area (Å²) in [4.78, 5) is 11.6. The molecule has 2 rings (SSSR count). The van der Waals surface area contributed by atoms with Crippen molar-refractivity contribution in [3.05, 3.63) is 28.7 Å². The molecular weight excluding hydrogens is 310 g/mol. The number of nitrogens with one attached hydrogen (secondary N) is 1. The molecule has 0 atom stereocenters. The van der Waals surface area contributed by atoms with Gasteiger partial charge in [-0.05, 0) is 43.5 Å². The molecule has 104 valence electrons. The molecule has 0 saturated heterocycles. The average molecular weight is 328 g/mol. The molecule has 4 nitrogen and oxygen atoms in total. The Hall–Kier alpha value is -1.07. The molecule has 1 aromatic carbocycles. The van der Waals surface area contributed by atoms with Gasteiger partial charge in [0.1, 0.15) is 5.75 Å². The van der Waals surface area contributed by atoms with Gasteiger partial charge in [-0.15, -0.1) is 0 Å². The second kappa shape index (κ2) is 6.39. The molecule has 2 N–H and O–H groups in total. The van der Waals surface area contributed by atoms with Crippen LogP contribution in [0, 0.1) is 0 Å². The van der Waals surface area contributed by atoms with Gasteiger partial charge in [0.15, 0.2) is 0 Å². The second-order valence-electron chi connectivity index (χ2n) is 4.89. The molecule has 0 aliphatic heterocycles. The number of halogens is 1. The predicted molar refractivity (Wildman–Crippen MR) is 76.1 cm³/mol. The number of aliphatic hydroxyl groups is 1. The number of hydrogen-bond donors (Lipinski definition) is 2. The maximum Gasteiger partial charge on any atom is 0.220 e. The van der Waals surface area contributed by atoms with Gasteiger partial charge in [-0.1, -0.05) is 15.9 Å². The summed E-state index contributed by atoms with van der Waals surface area (Å²) in [5.41, 5.74) is -0.316. The van der Waals surface area contributed by atoms with E-state index in [0.717, 1.165) is 23.1 Å². The van der Waals surface area contributed by atoms with Crippen LogP contribution in [0.25, 0.3) is 0 Å². The molecule has 0 spiro atoms. The molecule has 1 saturated carbocycles. The fourth-order valence-corrected chi connectivity index (χ4v) is 2.05. The standard InChI is InChI=1S/C14H18BrNO3/c15-11-3-5-12(6-4-11)19-9-1-2-13(18)16-14(10-17)7-8-14/h3-6,17H,1-2,7-10H2,(H,16,18). The highest BCUT2D eigenvalue weighted by molar-refractivity contribution is 9.10. The zero-order chi connectivity index (χ0) is 13.7. The summed E-state index contributed by atoms with van der Waals surface area (Å²) in [7, 11) is 0. The van der Waals surface area contributed by atoms with Crippen LogP contribution < -0.4 is 10.1 Å². The zero-order valence-corrected chi connectivity index (χ0v) is 12.3. The first-order chi connectivity index (χ1) is 9.13. The molecule has 0 heterocycles. The van der Waals surface area contributed by atoms with Crippen molar-refractivity contribution < 1.29 is 14.6 Å². The van der Waals surface area contributed by atoms with Crippen LogP contribution in [-0.2, 0) is 4.79 Å². The highest BCUT2D eigenvalue weighted by Gasteiger charge is 2.43. The van der Waals surface area contributed by atoms with Crippen LogP contribution in [-0.4, -0.2) is 29.8 Å². The molecule has 1 fully saturated rings. The Morgan fingerprint density at radius 2 is 2.05 bits per heavy atom. The summed E-state index contributed by atoms with van der Waals surface area (Å²) in [6.45, 7) is 0.551. The van der Waals surface area contributed by atoms with E-state index < -0.39 is 0 Å². The lowest BCUT2D eigenvalue weighted by Gasteiger charge is -2.14. The predicted octanol–water partition coefficient (Wildman–Crippen LogP) is 2.25. The third-order valence-electron chi connectivity index (χ3n) is 3.19. The van der Waals surface area contributed by atoms with Gasteiger partial charge in [0.2, 0.25) is 5.91 Å². The minimum atomic E-state index is -0.316. The maximum absolute atomic E-state index is 11.6. The number of rotatable bonds is 7. The summed E-state index contributed by atoms with van der Waals surface area (Å²) >= 11 is 3.36. The molecule has 19 heavy (non-hydrogen) atoms. The first kappa shape index (κ1) is 14.3. The van der Waals surface area contributed by atoms with Crippen LogP contribution >= 0.6 is 15.9 Å². The largest absolute Gasteiger partial charge is 0.494 e. The fourth-order valence-electron chi connectivity index (χ4n) is 1.79. The lowest BCUT2D eigenvalue weighted by molar-refractivity contribution is -0.122. The third-order valence-corrected chi connectivity index (χ3v) is 3.72. The van der Waals surface area contributed by atoms with Gasteiger partial charge in [0.05, 0.1) is 18.8 Å². The topological polar surface area (TPSA) is 58.6 Å². The van der Waals surface area contributed by atoms with E-state index in [1.807, 2.05) is 24.3 Å². The maximum atomic E-state index is 11.6. The normalized spacial score (nSPS) is 15.9. The van der Waals surface area contributed by atoms with Crippen molar-refractivity contribution in [1.82, 2.24) is 5.32 Å². The van der Waals surface area contributed by atoms with E-state index in [9.17, 15) is 4.79 Å². The third kappa shape index (κ3) is 4.51. The highest BCUT2D eigenvalue weighted by Crippen LogP contribution is 2.34. The Labute approximate surface area is 121 Å². The van der Waals surface area contributed by atoms with E-state index in [-0.39, 0.29) is 18.1 Å². The summed E-state index contributed by atoms with van der Waals surface area (Å²) in [6.07, 6.45) is 2.86. The van der Waals surface area contributed by atoms with Gasteiger partial charge in [-0.2, -0.15) is 0 Å². The molecular formula is C14H18BrNO3. The van der Waals surface area contributed by atoms with Gasteiger partial charge in [-0.25, -0.2) is 0 Å². The molecule has 0 radical (unpaired) electrons. The monoisotopic (exact) mass is 327 g/mol. The minimum Gasteiger partial charge on any atom is -0.494 e. The molecule has 1 aliphatic carbocycles. The van der Waals surface area contributed by atoms with Crippen LogP contribution in [0.1, 0.15) is 25.7 Å². The van der Waals surface area contributed by atoms with Crippen LogP contribution in [0.2, 0.25) is 0 Å². The lowest BCUT2D eigenvalue weighted by atomic mass is 10.2. The summed E-state index contributed by atoms with van der Waals surface area (Å²) < 4.78 is 6.55. The number of aliphatic hydroxyl groups excluding tert-OH is 1. The van der Waals surface area contributed by atoms with Gasteiger partial charge in [-0.3, -0.25) is 4.79 Å². The number of ether oxygens (including phenoxy) is 1. The number of hydrogen-bond acceptors (Lipinski definition) is 3. The molecule has 0 bridgehead atoms. The molecule has 1 aromatic rings. The molecule has 0 unspecified atom stereocenters. The fraction of sp³-hybridized carbons (Fsp3) is 0.500. The van der Waals surface area contributed by atoms with Crippen molar-refractivity contribution >= 4 is 21.8 Å². The Morgan fingerprint density at radius 1 is 1.37 bits per heavy atom. The van der Waals surface area contributed by atoms with E-state index in [1.54, 1.807) is 0 Å². The van der Waals surface area contributed by atoms with Crippen molar-refractivity contribution in [3.63, 3.8) is 0 Å². The Morgan fingerprint density at radius 3 is 2.63 bits per heavy atom. The zero-order valence-electron chi connectivity index (χ0n) is 10.7. The van der Waals surface area contributed by atoms with Crippen LogP contribution in [0.5, 0.6) is 5.75 Å². The van der Waals surface area contributed by atoms with Gasteiger partial charge >= 0.3 is 0 Å². The molecule has 1 aliphatic rings. The van der Waals surface area contributed by atoms with Gasteiger partial charge in [0.25, 0.3) is 0 Å². The van der Waals surface area contributed by atoms with E-state index in [1.165, 1.54) is 0 Å². The van der Waals surface area contributed by atoms with Crippen molar-refractivity contribution in [1.29, 1.82) is 0 Å². The van der Waals surface area contributed by atoms with E-state index >= 15 is 0 Å². The number of amides is 1. The van der Waals surface area contributed by atoms with Gasteiger partial charge in [0, 0.05) is 10.9 Å². The van der Waals surface area contributed by atoms with Crippen molar-refractivity contribution in [2.45, 2.75) is 31.2 Å². The van der Waals surface area contributed by atoms with Crippen LogP contribution in [0.3, 0.4) is 0 Å². The number of benzene rings is 1. The molecule has 1 amide bonds. The SMILES string of the molecule is O=C(CCCOc1ccc(Br)cc1)NC1(CO)CC1. The molecule has 0 aromatic heterocycles. The van der Waals surface area contributed by atoms with Crippen LogP contribution in [0.4, 0.5) is 0 Å². The first-order valence-corrected chi connectivity index (χ1v) is 7.23. The Bertz CT molecular complexity index is 429. The van der Waals surface area contributed by atoms with Crippen LogP contribution in [0.15, 0.2) is 28.7 Å². The smallest absolute Gasteiger partial charge is 0.220 e. The summed E-state index contributed by atoms with van der Waals surface area (Å²) in [5, 5.41) is 12.0. The first-order valence-electron chi connectivity index (χ1n) is 6.44. The van der Waals surface area contributed by atoms with E-state index in [4.69, 9.17) is 9.84 Å². The highest BCUT2D eigenvalue weighted by atomic mass is 79.9. The Balaban J connectivity index is 1.61. The van der Waals surface area contributed by atoms with E-state index in [0.29, 0.717) is 19.4 Å². The summed E-state index contributed by atoms with van der Waals surface area (Å²) in [5.74, 6) is 0.795. The van der Waals surface area contributed by atoms with Crippen molar-refractivity contribution in [3.8, 4) is 5.75 Å². The Kier molecular flexibility index (Phi) is 4.82. The minimum absolute atomic E-state index is 0.00837. The number of carbonyl (C=O) groups is 1. The molecule has 5 heteroatoms. The van der Waals surface area contributed by atoms with Gasteiger partial charge < -0.3 is 15.2 Å². The van der Waals surface area contributed by atoms with E-state index in [2.05, 4.69) is 21.2 Å². The average Bonchev–Trinajstić information content (AvgIpc) is 3.17. The summed E-state index contributed by atoms with van der Waals surface area (Å²) in [6, 6.07) is 7.60. The second-order valence-corrected chi connectivity index (χ2v) is 5.81. The van der Waals surface area contributed by atoms with Crippen molar-refractivity contribution in [2.24, 2.45) is 0 Å². The van der Waals surface area contributed by atoms with Crippen molar-refractivity contribution in [2.75, 3.05) is 13.2 Å². The number of carbonyl (C=O) groups excluding carboxylic acids is 1. The quantitative estimate of drug-likeness (QED) is 0.755.